The van der Waals surface area contributed by atoms with Crippen molar-refractivity contribution < 1.29 is 18.3 Å². The van der Waals surface area contributed by atoms with Crippen molar-refractivity contribution in [2.45, 2.75) is 48.9 Å². The third-order valence-electron chi connectivity index (χ3n) is 12.7. The standard InChI is InChI=1S/C22H21ClFN5O.C21H18ClFN6O/c1-30-19-7-5-16(10-25-19)29-20(13-2-3-13)26-27-21(29)28-11-14-9-22(14,12-28)17-6-4-15(24)8-18(17)23;1-30-19-5-3-15(10-25-19)29-18(6-7-24)26-27-20(29)28-11-13-9-21(13,12-28)16-4-2-14(23)8-17(16)22/h4-8,10,13-14H,2-3,9,11-12H2,1H3;2-5,8,10,13H,6,9,11-12H2,1H3/t14-,22-;13-,21-/m00/s1. The van der Waals surface area contributed by atoms with E-state index in [1.165, 1.54) is 24.3 Å². The number of nitrogens with zero attached hydrogens (tertiary/aromatic N) is 11. The largest absolute Gasteiger partial charge is 0.481 e. The highest BCUT2D eigenvalue weighted by molar-refractivity contribution is 6.32. The van der Waals surface area contributed by atoms with Crippen LogP contribution < -0.4 is 19.3 Å². The summed E-state index contributed by atoms with van der Waals surface area (Å²) < 4.78 is 41.4. The maximum atomic E-state index is 13.6. The second kappa shape index (κ2) is 14.7. The number of rotatable bonds is 10. The molecule has 4 atom stereocenters. The molecule has 2 aliphatic heterocycles. The minimum absolute atomic E-state index is 0.0283. The summed E-state index contributed by atoms with van der Waals surface area (Å²) in [5.41, 5.74) is 3.59. The van der Waals surface area contributed by atoms with Gasteiger partial charge >= 0.3 is 0 Å². The lowest BCUT2D eigenvalue weighted by molar-refractivity contribution is 0.397. The van der Waals surface area contributed by atoms with Gasteiger partial charge in [0, 0.05) is 65.1 Å². The van der Waals surface area contributed by atoms with E-state index in [4.69, 9.17) is 32.7 Å². The fourth-order valence-electron chi connectivity index (χ4n) is 9.45. The van der Waals surface area contributed by atoms with E-state index in [9.17, 15) is 14.0 Å². The van der Waals surface area contributed by atoms with E-state index in [0.29, 0.717) is 57.9 Å². The van der Waals surface area contributed by atoms with E-state index in [1.54, 1.807) is 38.7 Å². The Labute approximate surface area is 354 Å². The highest BCUT2D eigenvalue weighted by atomic mass is 35.5. The molecule has 0 N–H and O–H groups in total. The second-order valence-corrected chi connectivity index (χ2v) is 17.1. The van der Waals surface area contributed by atoms with Crippen LogP contribution in [-0.2, 0) is 17.3 Å². The van der Waals surface area contributed by atoms with Crippen LogP contribution in [-0.4, -0.2) is 79.9 Å². The van der Waals surface area contributed by atoms with E-state index >= 15 is 0 Å². The van der Waals surface area contributed by atoms with Gasteiger partial charge in [-0.2, -0.15) is 5.26 Å². The molecule has 0 bridgehead atoms. The van der Waals surface area contributed by atoms with Crippen molar-refractivity contribution in [1.82, 2.24) is 39.5 Å². The molecule has 5 aliphatic rings. The number of hydrogen-bond acceptors (Lipinski definition) is 11. The maximum Gasteiger partial charge on any atom is 0.232 e. The van der Waals surface area contributed by atoms with Crippen LogP contribution in [0.4, 0.5) is 20.7 Å². The summed E-state index contributed by atoms with van der Waals surface area (Å²) >= 11 is 12.8. The molecule has 4 aromatic heterocycles. The van der Waals surface area contributed by atoms with Crippen molar-refractivity contribution in [3.63, 3.8) is 0 Å². The van der Waals surface area contributed by atoms with E-state index in [-0.39, 0.29) is 28.9 Å². The summed E-state index contributed by atoms with van der Waals surface area (Å²) in [6.07, 6.45) is 7.97. The summed E-state index contributed by atoms with van der Waals surface area (Å²) in [5, 5.41) is 28.0. The molecular formula is C43H39Cl2F2N11O2. The molecule has 0 amide bonds. The zero-order valence-electron chi connectivity index (χ0n) is 32.8. The lowest BCUT2D eigenvalue weighted by Crippen LogP contribution is -2.29. The molecular weight excluding hydrogens is 811 g/mol. The Bertz CT molecular complexity index is 2650. The number of aromatic nitrogens is 8. The van der Waals surface area contributed by atoms with Crippen LogP contribution >= 0.6 is 23.2 Å². The number of benzene rings is 2. The molecule has 13 nitrogen and oxygen atoms in total. The van der Waals surface area contributed by atoms with Gasteiger partial charge < -0.3 is 19.3 Å². The lowest BCUT2D eigenvalue weighted by atomic mass is 9.95. The van der Waals surface area contributed by atoms with Gasteiger partial charge in [0.2, 0.25) is 23.7 Å². The van der Waals surface area contributed by atoms with E-state index in [0.717, 1.165) is 79.6 Å². The van der Waals surface area contributed by atoms with Crippen molar-refractivity contribution in [1.29, 1.82) is 5.26 Å². The Morgan fingerprint density at radius 3 is 1.70 bits per heavy atom. The third kappa shape index (κ3) is 6.57. The minimum atomic E-state index is -0.333. The van der Waals surface area contributed by atoms with Gasteiger partial charge in [-0.15, -0.1) is 20.4 Å². The van der Waals surface area contributed by atoms with Gasteiger partial charge in [-0.05, 0) is 85.0 Å². The van der Waals surface area contributed by atoms with Gasteiger partial charge in [-0.3, -0.25) is 9.13 Å². The van der Waals surface area contributed by atoms with Crippen LogP contribution in [0.25, 0.3) is 11.4 Å². The highest BCUT2D eigenvalue weighted by Gasteiger charge is 2.63. The summed E-state index contributed by atoms with van der Waals surface area (Å²) in [5.74, 6) is 4.85. The first-order valence-electron chi connectivity index (χ1n) is 19.8. The van der Waals surface area contributed by atoms with E-state index in [1.807, 2.05) is 28.8 Å². The van der Waals surface area contributed by atoms with Crippen LogP contribution in [0.2, 0.25) is 10.0 Å². The van der Waals surface area contributed by atoms with Gasteiger partial charge in [0.1, 0.15) is 17.5 Å². The number of anilines is 2. The molecule has 0 unspecified atom stereocenters. The normalized spacial score (nSPS) is 23.4. The van der Waals surface area contributed by atoms with Crippen LogP contribution in [0, 0.1) is 34.8 Å². The molecule has 0 spiro atoms. The van der Waals surface area contributed by atoms with Crippen molar-refractivity contribution in [3.8, 4) is 29.2 Å². The average Bonchev–Trinajstić information content (AvgIpc) is 4.18. The molecule has 60 heavy (non-hydrogen) atoms. The monoisotopic (exact) mass is 849 g/mol. The topological polar surface area (TPSA) is 136 Å². The Morgan fingerprint density at radius 2 is 1.23 bits per heavy atom. The molecule has 306 valence electrons. The van der Waals surface area contributed by atoms with Gasteiger partial charge in [0.05, 0.1) is 50.5 Å². The van der Waals surface area contributed by atoms with Crippen LogP contribution in [0.5, 0.6) is 11.8 Å². The number of ether oxygens (including phenoxy) is 2. The van der Waals surface area contributed by atoms with Crippen molar-refractivity contribution in [3.05, 3.63) is 118 Å². The molecule has 3 saturated carbocycles. The molecule has 6 heterocycles. The first-order valence-corrected chi connectivity index (χ1v) is 20.6. The molecule has 2 aromatic carbocycles. The first kappa shape index (κ1) is 38.4. The molecule has 17 heteroatoms. The smallest absolute Gasteiger partial charge is 0.232 e. The first-order chi connectivity index (χ1) is 29.1. The Hall–Kier alpha value is -5.85. The zero-order valence-corrected chi connectivity index (χ0v) is 34.3. The summed E-state index contributed by atoms with van der Waals surface area (Å²) in [7, 11) is 3.17. The average molecular weight is 851 g/mol. The number of piperidine rings is 2. The molecule has 5 fully saturated rings. The number of nitriles is 1. The van der Waals surface area contributed by atoms with Gasteiger partial charge in [0.15, 0.2) is 5.82 Å². The molecule has 3 aliphatic carbocycles. The number of hydrogen-bond donors (Lipinski definition) is 0. The third-order valence-corrected chi connectivity index (χ3v) is 13.4. The van der Waals surface area contributed by atoms with Crippen molar-refractivity contribution >= 4 is 35.1 Å². The minimum Gasteiger partial charge on any atom is -0.481 e. The van der Waals surface area contributed by atoms with E-state index in [2.05, 4.69) is 50.8 Å². The lowest BCUT2D eigenvalue weighted by Gasteiger charge is -2.23. The quantitative estimate of drug-likeness (QED) is 0.136. The Kier molecular flexibility index (Phi) is 9.40. The van der Waals surface area contributed by atoms with Crippen molar-refractivity contribution in [2.24, 2.45) is 11.8 Å². The molecule has 0 radical (unpaired) electrons. The molecule has 11 rings (SSSR count). The van der Waals surface area contributed by atoms with Gasteiger partial charge in [0.25, 0.3) is 0 Å². The molecule has 2 saturated heterocycles. The number of methoxy groups -OCH3 is 2. The van der Waals surface area contributed by atoms with Gasteiger partial charge in [-0.25, -0.2) is 18.7 Å². The fourth-order valence-corrected chi connectivity index (χ4v) is 10.2. The van der Waals surface area contributed by atoms with E-state index < -0.39 is 0 Å². The predicted molar refractivity (Wildman–Crippen MR) is 220 cm³/mol. The summed E-state index contributed by atoms with van der Waals surface area (Å²) in [6.45, 7) is 3.19. The predicted octanol–water partition coefficient (Wildman–Crippen LogP) is 7.43. The van der Waals surface area contributed by atoms with Crippen molar-refractivity contribution in [2.75, 3.05) is 50.2 Å². The number of halogens is 4. The SMILES string of the molecule is COc1ccc(-n2c(C3CC3)nnc2N2C[C@@H]3C[C@]3(c3ccc(F)cc3Cl)C2)cn1.COc1ccc(-n2c(CC#N)nnc2N2C[C@@H]3C[C@]3(c3ccc(F)cc3Cl)C2)cn1. The molecule has 6 aromatic rings. The maximum absolute atomic E-state index is 13.6. The fraction of sp³-hybridized carbons (Fsp3) is 0.372. The Balaban J connectivity index is 0.000000144. The van der Waals surface area contributed by atoms with Crippen LogP contribution in [0.1, 0.15) is 54.4 Å². The highest BCUT2D eigenvalue weighted by Crippen LogP contribution is 2.62. The van der Waals surface area contributed by atoms with Gasteiger partial charge in [-0.1, -0.05) is 35.3 Å². The Morgan fingerprint density at radius 1 is 0.717 bits per heavy atom. The summed E-state index contributed by atoms with van der Waals surface area (Å²) in [4.78, 5) is 13.1. The number of pyridine rings is 2. The van der Waals surface area contributed by atoms with Crippen LogP contribution in [0.15, 0.2) is 73.1 Å². The zero-order chi connectivity index (χ0) is 41.3. The second-order valence-electron chi connectivity index (χ2n) is 16.3. The number of fused-ring (bicyclic) bond motifs is 2. The van der Waals surface area contributed by atoms with Crippen LogP contribution in [0.3, 0.4) is 0 Å². The summed E-state index contributed by atoms with van der Waals surface area (Å²) in [6, 6.07) is 19.0.